The molecule has 1 aliphatic heterocycles. The van der Waals surface area contributed by atoms with Crippen LogP contribution in [0.1, 0.15) is 50.2 Å². The quantitative estimate of drug-likeness (QED) is 0.898. The maximum atomic E-state index is 12.6. The van der Waals surface area contributed by atoms with Gasteiger partial charge in [-0.2, -0.15) is 0 Å². The Kier molecular flexibility index (Phi) is 4.33. The van der Waals surface area contributed by atoms with Crippen molar-refractivity contribution in [2.45, 2.75) is 63.1 Å². The van der Waals surface area contributed by atoms with Crippen molar-refractivity contribution in [3.63, 3.8) is 0 Å². The highest BCUT2D eigenvalue weighted by Gasteiger charge is 2.28. The minimum Gasteiger partial charge on any atom is -0.309 e. The van der Waals surface area contributed by atoms with Crippen LogP contribution in [0.25, 0.3) is 0 Å². The summed E-state index contributed by atoms with van der Waals surface area (Å²) < 4.78 is 28.2. The molecule has 0 radical (unpaired) electrons. The van der Waals surface area contributed by atoms with Gasteiger partial charge in [-0.15, -0.1) is 0 Å². The molecule has 2 atom stereocenters. The molecule has 0 spiro atoms. The van der Waals surface area contributed by atoms with E-state index in [0.29, 0.717) is 10.8 Å². The molecule has 5 heteroatoms. The first-order valence-electron chi connectivity index (χ1n) is 7.95. The van der Waals surface area contributed by atoms with Crippen molar-refractivity contribution in [1.82, 2.24) is 10.0 Å². The van der Waals surface area contributed by atoms with Gasteiger partial charge in [0, 0.05) is 19.1 Å². The first-order chi connectivity index (χ1) is 10.1. The predicted octanol–water partition coefficient (Wildman–Crippen LogP) is 2.54. The van der Waals surface area contributed by atoms with Gasteiger partial charge in [0.1, 0.15) is 0 Å². The number of hydrogen-bond donors (Lipinski definition) is 2. The van der Waals surface area contributed by atoms with Gasteiger partial charge >= 0.3 is 0 Å². The molecular formula is C16H24N2O2S. The van der Waals surface area contributed by atoms with Crippen LogP contribution in [0, 0.1) is 5.92 Å². The van der Waals surface area contributed by atoms with Crippen molar-refractivity contribution in [3.05, 3.63) is 29.3 Å². The third kappa shape index (κ3) is 3.15. The van der Waals surface area contributed by atoms with Crippen molar-refractivity contribution in [3.8, 4) is 0 Å². The molecule has 2 aliphatic rings. The molecule has 1 aliphatic carbocycles. The molecule has 0 amide bonds. The lowest BCUT2D eigenvalue weighted by Crippen LogP contribution is -2.41. The first-order valence-corrected chi connectivity index (χ1v) is 9.43. The Morgan fingerprint density at radius 2 is 1.95 bits per heavy atom. The van der Waals surface area contributed by atoms with Crippen LogP contribution in [-0.2, 0) is 23.1 Å². The summed E-state index contributed by atoms with van der Waals surface area (Å²) >= 11 is 0. The van der Waals surface area contributed by atoms with E-state index in [9.17, 15) is 8.42 Å². The van der Waals surface area contributed by atoms with Gasteiger partial charge in [-0.05, 0) is 42.0 Å². The smallest absolute Gasteiger partial charge is 0.240 e. The number of benzene rings is 1. The van der Waals surface area contributed by atoms with E-state index in [2.05, 4.69) is 17.0 Å². The lowest BCUT2D eigenvalue weighted by Gasteiger charge is -2.31. The molecule has 21 heavy (non-hydrogen) atoms. The van der Waals surface area contributed by atoms with Gasteiger partial charge in [0.2, 0.25) is 10.0 Å². The summed E-state index contributed by atoms with van der Waals surface area (Å²) in [6.07, 6.45) is 5.49. The molecule has 2 unspecified atom stereocenters. The lowest BCUT2D eigenvalue weighted by molar-refractivity contribution is 0.282. The standard InChI is InChI=1S/C16H24N2O2S/c1-2-12-5-3-4-6-16(12)18-21(19,20)15-8-7-13-10-17-11-14(13)9-15/h7-9,12,16-18H,2-6,10-11H2,1H3. The fourth-order valence-electron chi connectivity index (χ4n) is 3.56. The van der Waals surface area contributed by atoms with Crippen LogP contribution in [0.5, 0.6) is 0 Å². The number of hydrogen-bond acceptors (Lipinski definition) is 3. The minimum atomic E-state index is -3.40. The Bertz CT molecular complexity index is 613. The maximum Gasteiger partial charge on any atom is 0.240 e. The van der Waals surface area contributed by atoms with E-state index < -0.39 is 10.0 Å². The van der Waals surface area contributed by atoms with E-state index in [-0.39, 0.29) is 6.04 Å². The van der Waals surface area contributed by atoms with E-state index in [1.165, 1.54) is 12.0 Å². The number of sulfonamides is 1. The zero-order chi connectivity index (χ0) is 14.9. The van der Waals surface area contributed by atoms with Gasteiger partial charge in [0.25, 0.3) is 0 Å². The summed E-state index contributed by atoms with van der Waals surface area (Å²) in [7, 11) is -3.40. The summed E-state index contributed by atoms with van der Waals surface area (Å²) in [5.41, 5.74) is 2.31. The Morgan fingerprint density at radius 3 is 2.76 bits per heavy atom. The van der Waals surface area contributed by atoms with E-state index in [0.717, 1.165) is 44.3 Å². The highest BCUT2D eigenvalue weighted by molar-refractivity contribution is 7.89. The Morgan fingerprint density at radius 1 is 1.19 bits per heavy atom. The molecule has 1 fully saturated rings. The maximum absolute atomic E-state index is 12.6. The second-order valence-electron chi connectivity index (χ2n) is 6.21. The molecule has 0 bridgehead atoms. The van der Waals surface area contributed by atoms with Gasteiger partial charge in [0.05, 0.1) is 4.90 Å². The highest BCUT2D eigenvalue weighted by atomic mass is 32.2. The molecular weight excluding hydrogens is 284 g/mol. The molecule has 3 rings (SSSR count). The zero-order valence-corrected chi connectivity index (χ0v) is 13.4. The summed E-state index contributed by atoms with van der Waals surface area (Å²) in [4.78, 5) is 0.408. The van der Waals surface area contributed by atoms with Crippen LogP contribution in [0.4, 0.5) is 0 Å². The molecule has 2 N–H and O–H groups in total. The van der Waals surface area contributed by atoms with Gasteiger partial charge in [0.15, 0.2) is 0 Å². The van der Waals surface area contributed by atoms with Gasteiger partial charge in [-0.25, -0.2) is 13.1 Å². The van der Waals surface area contributed by atoms with Crippen molar-refractivity contribution in [2.24, 2.45) is 5.92 Å². The fraction of sp³-hybridized carbons (Fsp3) is 0.625. The summed E-state index contributed by atoms with van der Waals surface area (Å²) in [5.74, 6) is 0.476. The largest absolute Gasteiger partial charge is 0.309 e. The second kappa shape index (κ2) is 6.07. The lowest BCUT2D eigenvalue weighted by atomic mass is 9.83. The van der Waals surface area contributed by atoms with E-state index in [4.69, 9.17) is 0 Å². The third-order valence-corrected chi connectivity index (χ3v) is 6.35. The monoisotopic (exact) mass is 308 g/mol. The molecule has 0 aromatic heterocycles. The number of nitrogens with one attached hydrogen (secondary N) is 2. The van der Waals surface area contributed by atoms with Gasteiger partial charge in [-0.1, -0.05) is 32.3 Å². The fourth-order valence-corrected chi connectivity index (χ4v) is 4.95. The van der Waals surface area contributed by atoms with E-state index >= 15 is 0 Å². The number of fused-ring (bicyclic) bond motifs is 1. The van der Waals surface area contributed by atoms with Crippen LogP contribution in [0.3, 0.4) is 0 Å². The SMILES string of the molecule is CCC1CCCCC1NS(=O)(=O)c1ccc2c(c1)CNC2. The van der Waals surface area contributed by atoms with Crippen molar-refractivity contribution >= 4 is 10.0 Å². The molecule has 1 heterocycles. The predicted molar refractivity (Wildman–Crippen MR) is 83.3 cm³/mol. The topological polar surface area (TPSA) is 58.2 Å². The summed E-state index contributed by atoms with van der Waals surface area (Å²) in [6, 6.07) is 5.58. The van der Waals surface area contributed by atoms with Crippen LogP contribution >= 0.6 is 0 Å². The van der Waals surface area contributed by atoms with Crippen molar-refractivity contribution in [2.75, 3.05) is 0 Å². The summed E-state index contributed by atoms with van der Waals surface area (Å²) in [6.45, 7) is 3.75. The van der Waals surface area contributed by atoms with E-state index in [1.807, 2.05) is 12.1 Å². The number of rotatable bonds is 4. The van der Waals surface area contributed by atoms with Crippen molar-refractivity contribution < 1.29 is 8.42 Å². The average molecular weight is 308 g/mol. The van der Waals surface area contributed by atoms with Crippen LogP contribution in [0.15, 0.2) is 23.1 Å². The summed E-state index contributed by atoms with van der Waals surface area (Å²) in [5, 5.41) is 3.25. The van der Waals surface area contributed by atoms with Crippen LogP contribution in [-0.4, -0.2) is 14.5 Å². The molecule has 1 aromatic rings. The van der Waals surface area contributed by atoms with Crippen LogP contribution < -0.4 is 10.0 Å². The van der Waals surface area contributed by atoms with Gasteiger partial charge < -0.3 is 5.32 Å². The molecule has 1 saturated carbocycles. The average Bonchev–Trinajstić information content (AvgIpc) is 2.95. The molecule has 0 saturated heterocycles. The van der Waals surface area contributed by atoms with E-state index in [1.54, 1.807) is 6.07 Å². The normalized spacial score (nSPS) is 25.8. The minimum absolute atomic E-state index is 0.0973. The Hall–Kier alpha value is -0.910. The molecule has 4 nitrogen and oxygen atoms in total. The van der Waals surface area contributed by atoms with Gasteiger partial charge in [-0.3, -0.25) is 0 Å². The Balaban J connectivity index is 1.80. The molecule has 1 aromatic carbocycles. The second-order valence-corrected chi connectivity index (χ2v) is 7.93. The third-order valence-electron chi connectivity index (χ3n) is 4.86. The highest BCUT2D eigenvalue weighted by Crippen LogP contribution is 2.28. The van der Waals surface area contributed by atoms with Crippen LogP contribution in [0.2, 0.25) is 0 Å². The molecule has 116 valence electrons. The Labute approximate surface area is 127 Å². The zero-order valence-electron chi connectivity index (χ0n) is 12.6. The van der Waals surface area contributed by atoms with Crippen molar-refractivity contribution in [1.29, 1.82) is 0 Å². The first kappa shape index (κ1) is 15.0.